The van der Waals surface area contributed by atoms with Gasteiger partial charge in [0.05, 0.1) is 6.04 Å². The SMILES string of the molecule is CN/C=C\C1=C(CC=O)CN(C(C)C2=CC(Cl)=C(OCCF)NC2)C1=O. The van der Waals surface area contributed by atoms with Crippen LogP contribution in [0.2, 0.25) is 0 Å². The van der Waals surface area contributed by atoms with Crippen molar-refractivity contribution in [2.45, 2.75) is 19.4 Å². The van der Waals surface area contributed by atoms with Crippen molar-refractivity contribution in [1.82, 2.24) is 15.5 Å². The van der Waals surface area contributed by atoms with Gasteiger partial charge in [-0.1, -0.05) is 11.6 Å². The van der Waals surface area contributed by atoms with Crippen LogP contribution >= 0.6 is 11.6 Å². The molecule has 1 unspecified atom stereocenters. The lowest BCUT2D eigenvalue weighted by atomic mass is 10.0. The van der Waals surface area contributed by atoms with Gasteiger partial charge in [-0.3, -0.25) is 4.79 Å². The maximum Gasteiger partial charge on any atom is 0.254 e. The normalized spacial score (nSPS) is 19.0. The van der Waals surface area contributed by atoms with Crippen LogP contribution in [0.1, 0.15) is 13.3 Å². The van der Waals surface area contributed by atoms with Crippen molar-refractivity contribution in [2.24, 2.45) is 0 Å². The zero-order valence-corrected chi connectivity index (χ0v) is 15.6. The Morgan fingerprint density at radius 3 is 2.92 bits per heavy atom. The summed E-state index contributed by atoms with van der Waals surface area (Å²) >= 11 is 6.19. The molecule has 0 fully saturated rings. The molecule has 6 nitrogen and oxygen atoms in total. The standard InChI is InChI=1S/C18H23ClFN3O3/c1-12(14-9-16(19)17(22-10-14)26-8-5-20)23-11-13(4-7-24)15(18(23)25)3-6-21-2/h3,6-7,9,12,21-22H,4-5,8,10-11H2,1-2H3/b6-3-. The summed E-state index contributed by atoms with van der Waals surface area (Å²) < 4.78 is 17.4. The summed E-state index contributed by atoms with van der Waals surface area (Å²) in [7, 11) is 1.74. The average Bonchev–Trinajstić information content (AvgIpc) is 2.94. The number of nitrogens with one attached hydrogen (secondary N) is 2. The van der Waals surface area contributed by atoms with Crippen molar-refractivity contribution in [3.8, 4) is 0 Å². The molecular weight excluding hydrogens is 361 g/mol. The number of hydrogen-bond donors (Lipinski definition) is 2. The monoisotopic (exact) mass is 383 g/mol. The fourth-order valence-corrected chi connectivity index (χ4v) is 3.15. The van der Waals surface area contributed by atoms with Gasteiger partial charge in [0.25, 0.3) is 5.91 Å². The molecule has 2 heterocycles. The second-order valence-electron chi connectivity index (χ2n) is 5.91. The van der Waals surface area contributed by atoms with Crippen molar-refractivity contribution < 1.29 is 18.7 Å². The van der Waals surface area contributed by atoms with Crippen LogP contribution in [0.5, 0.6) is 0 Å². The summed E-state index contributed by atoms with van der Waals surface area (Å²) in [5.74, 6) is 0.215. The number of dihydropyridines is 1. The van der Waals surface area contributed by atoms with Crippen molar-refractivity contribution in [3.05, 3.63) is 46.0 Å². The van der Waals surface area contributed by atoms with Gasteiger partial charge in [0.15, 0.2) is 0 Å². The van der Waals surface area contributed by atoms with E-state index in [0.29, 0.717) is 29.6 Å². The van der Waals surface area contributed by atoms with E-state index in [9.17, 15) is 14.0 Å². The maximum atomic E-state index is 12.8. The number of halogens is 2. The Bertz CT molecular complexity index is 685. The number of hydrogen-bond acceptors (Lipinski definition) is 5. The first kappa shape index (κ1) is 20.0. The highest BCUT2D eigenvalue weighted by molar-refractivity contribution is 6.31. The van der Waals surface area contributed by atoms with Crippen LogP contribution in [0.25, 0.3) is 0 Å². The van der Waals surface area contributed by atoms with E-state index in [1.807, 2.05) is 6.92 Å². The third-order valence-corrected chi connectivity index (χ3v) is 4.57. The van der Waals surface area contributed by atoms with Gasteiger partial charge in [-0.15, -0.1) is 0 Å². The minimum absolute atomic E-state index is 0.0674. The lowest BCUT2D eigenvalue weighted by Crippen LogP contribution is -2.40. The smallest absolute Gasteiger partial charge is 0.254 e. The summed E-state index contributed by atoms with van der Waals surface area (Å²) in [6.07, 6.45) is 6.13. The molecule has 8 heteroatoms. The van der Waals surface area contributed by atoms with E-state index in [1.54, 1.807) is 30.3 Å². The number of ether oxygens (including phenoxy) is 1. The Morgan fingerprint density at radius 1 is 1.54 bits per heavy atom. The third-order valence-electron chi connectivity index (χ3n) is 4.29. The van der Waals surface area contributed by atoms with Crippen LogP contribution in [0.4, 0.5) is 4.39 Å². The second-order valence-corrected chi connectivity index (χ2v) is 6.31. The molecule has 0 bridgehead atoms. The molecule has 2 rings (SSSR count). The summed E-state index contributed by atoms with van der Waals surface area (Å²) in [6.45, 7) is 2.08. The Labute approximate surface area is 157 Å². The second kappa shape index (κ2) is 9.43. The lowest BCUT2D eigenvalue weighted by molar-refractivity contribution is -0.126. The number of carbonyl (C=O) groups is 2. The van der Waals surface area contributed by atoms with Crippen molar-refractivity contribution in [2.75, 3.05) is 33.4 Å². The molecule has 1 atom stereocenters. The third kappa shape index (κ3) is 4.46. The molecule has 2 aliphatic rings. The highest BCUT2D eigenvalue weighted by atomic mass is 35.5. The lowest BCUT2D eigenvalue weighted by Gasteiger charge is -2.30. The Morgan fingerprint density at radius 2 is 2.31 bits per heavy atom. The topological polar surface area (TPSA) is 70.7 Å². The molecule has 2 aliphatic heterocycles. The first-order valence-electron chi connectivity index (χ1n) is 8.36. The van der Waals surface area contributed by atoms with Crippen molar-refractivity contribution >= 4 is 23.8 Å². The number of alkyl halides is 1. The number of nitrogens with zero attached hydrogens (tertiary/aromatic N) is 1. The van der Waals surface area contributed by atoms with Gasteiger partial charge in [0.2, 0.25) is 5.88 Å². The van der Waals surface area contributed by atoms with Crippen molar-refractivity contribution in [3.63, 3.8) is 0 Å². The maximum absolute atomic E-state index is 12.8. The van der Waals surface area contributed by atoms with Gasteiger partial charge in [-0.2, -0.15) is 0 Å². The predicted molar refractivity (Wildman–Crippen MR) is 98.0 cm³/mol. The van der Waals surface area contributed by atoms with Crippen LogP contribution < -0.4 is 10.6 Å². The number of aldehydes is 1. The molecular formula is C18H23ClFN3O3. The van der Waals surface area contributed by atoms with Gasteiger partial charge in [-0.25, -0.2) is 4.39 Å². The Kier molecular flexibility index (Phi) is 7.26. The van der Waals surface area contributed by atoms with Gasteiger partial charge < -0.3 is 25.1 Å². The Balaban J connectivity index is 2.17. The Hall–Kier alpha value is -2.28. The summed E-state index contributed by atoms with van der Waals surface area (Å²) in [4.78, 5) is 25.4. The highest BCUT2D eigenvalue weighted by Gasteiger charge is 2.33. The van der Waals surface area contributed by atoms with E-state index in [2.05, 4.69) is 10.6 Å². The summed E-state index contributed by atoms with van der Waals surface area (Å²) in [5, 5.41) is 6.21. The van der Waals surface area contributed by atoms with E-state index < -0.39 is 6.67 Å². The molecule has 26 heavy (non-hydrogen) atoms. The summed E-state index contributed by atoms with van der Waals surface area (Å²) in [5.41, 5.74) is 2.23. The first-order chi connectivity index (χ1) is 12.5. The average molecular weight is 384 g/mol. The zero-order valence-electron chi connectivity index (χ0n) is 14.9. The first-order valence-corrected chi connectivity index (χ1v) is 8.74. The highest BCUT2D eigenvalue weighted by Crippen LogP contribution is 2.28. The predicted octanol–water partition coefficient (Wildman–Crippen LogP) is 1.76. The van der Waals surface area contributed by atoms with Crippen LogP contribution in [0.15, 0.2) is 46.0 Å². The quantitative estimate of drug-likeness (QED) is 0.594. The van der Waals surface area contributed by atoms with E-state index >= 15 is 0 Å². The molecule has 142 valence electrons. The molecule has 0 saturated heterocycles. The van der Waals surface area contributed by atoms with Crippen LogP contribution in [-0.2, 0) is 14.3 Å². The van der Waals surface area contributed by atoms with E-state index in [-0.39, 0.29) is 25.0 Å². The number of allylic oxidation sites excluding steroid dienone is 2. The van der Waals surface area contributed by atoms with Crippen molar-refractivity contribution in [1.29, 1.82) is 0 Å². The molecule has 0 spiro atoms. The molecule has 1 amide bonds. The van der Waals surface area contributed by atoms with Gasteiger partial charge in [-0.05, 0) is 36.4 Å². The van der Waals surface area contributed by atoms with Crippen LogP contribution in [0, 0.1) is 0 Å². The van der Waals surface area contributed by atoms with Gasteiger partial charge >= 0.3 is 0 Å². The van der Waals surface area contributed by atoms with Crippen LogP contribution in [-0.4, -0.2) is 56.6 Å². The molecule has 0 aromatic rings. The largest absolute Gasteiger partial charge is 0.475 e. The zero-order chi connectivity index (χ0) is 19.1. The molecule has 0 aromatic heterocycles. The number of rotatable bonds is 9. The van der Waals surface area contributed by atoms with Gasteiger partial charge in [0, 0.05) is 32.1 Å². The molecule has 2 N–H and O–H groups in total. The summed E-state index contributed by atoms with van der Waals surface area (Å²) in [6, 6.07) is -0.214. The number of amides is 1. The minimum atomic E-state index is -0.599. The fourth-order valence-electron chi connectivity index (χ4n) is 2.89. The van der Waals surface area contributed by atoms with E-state index in [0.717, 1.165) is 17.4 Å². The van der Waals surface area contributed by atoms with Crippen LogP contribution in [0.3, 0.4) is 0 Å². The van der Waals surface area contributed by atoms with E-state index in [1.165, 1.54) is 0 Å². The molecule has 0 aliphatic carbocycles. The van der Waals surface area contributed by atoms with E-state index in [4.69, 9.17) is 16.3 Å². The minimum Gasteiger partial charge on any atom is -0.475 e. The fraction of sp³-hybridized carbons (Fsp3) is 0.444. The number of carbonyl (C=O) groups excluding carboxylic acids is 2. The molecule has 0 saturated carbocycles. The molecule has 0 radical (unpaired) electrons. The molecule has 0 aromatic carbocycles. The van der Waals surface area contributed by atoms with Gasteiger partial charge in [0.1, 0.15) is 24.6 Å².